The molecule has 0 atom stereocenters. The van der Waals surface area contributed by atoms with Crippen LogP contribution in [-0.2, 0) is 13.1 Å². The second-order valence-electron chi connectivity index (χ2n) is 5.68. The lowest BCUT2D eigenvalue weighted by atomic mass is 10.2. The van der Waals surface area contributed by atoms with Gasteiger partial charge < -0.3 is 20.4 Å². The minimum Gasteiger partial charge on any atom is -0.497 e. The van der Waals surface area contributed by atoms with Crippen molar-refractivity contribution in [2.45, 2.75) is 13.1 Å². The van der Waals surface area contributed by atoms with Crippen molar-refractivity contribution in [3.05, 3.63) is 74.6 Å². The summed E-state index contributed by atoms with van der Waals surface area (Å²) in [6, 6.07) is 17.4. The van der Waals surface area contributed by atoms with Crippen LogP contribution >= 0.6 is 23.6 Å². The van der Waals surface area contributed by atoms with E-state index in [1.165, 1.54) is 11.3 Å². The number of nitrogens with two attached hydrogens (primary N) is 1. The first kappa shape index (κ1) is 18.2. The van der Waals surface area contributed by atoms with Crippen molar-refractivity contribution in [2.75, 3.05) is 12.8 Å². The van der Waals surface area contributed by atoms with Crippen LogP contribution in [0.1, 0.15) is 20.8 Å². The number of carbonyl (C=O) groups is 1. The Morgan fingerprint density at radius 2 is 1.85 bits per heavy atom. The highest BCUT2D eigenvalue weighted by Crippen LogP contribution is 2.23. The number of amides is 1. The number of carbonyl (C=O) groups excluding carboxylic acids is 1. The number of hydrogen-bond donors (Lipinski definition) is 2. The molecule has 0 bridgehead atoms. The molecule has 26 heavy (non-hydrogen) atoms. The van der Waals surface area contributed by atoms with E-state index in [1.54, 1.807) is 11.7 Å². The van der Waals surface area contributed by atoms with E-state index in [0.29, 0.717) is 27.7 Å². The topological polar surface area (TPSA) is 69.3 Å². The third-order valence-electron chi connectivity index (χ3n) is 3.94. The minimum atomic E-state index is -0.221. The molecule has 0 aliphatic carbocycles. The van der Waals surface area contributed by atoms with E-state index < -0.39 is 0 Å². The predicted octanol–water partition coefficient (Wildman–Crippen LogP) is 3.85. The maximum Gasteiger partial charge on any atom is 0.265 e. The van der Waals surface area contributed by atoms with Gasteiger partial charge >= 0.3 is 0 Å². The van der Waals surface area contributed by atoms with Gasteiger partial charge in [-0.15, -0.1) is 0 Å². The molecule has 2 aromatic carbocycles. The largest absolute Gasteiger partial charge is 0.497 e. The quantitative estimate of drug-likeness (QED) is 0.633. The van der Waals surface area contributed by atoms with Crippen LogP contribution in [0.15, 0.2) is 54.6 Å². The number of rotatable bonds is 6. The summed E-state index contributed by atoms with van der Waals surface area (Å²) in [6.07, 6.45) is 0. The maximum atomic E-state index is 12.5. The normalized spacial score (nSPS) is 10.5. The van der Waals surface area contributed by atoms with Crippen molar-refractivity contribution in [1.29, 1.82) is 0 Å². The second kappa shape index (κ2) is 8.16. The van der Waals surface area contributed by atoms with Gasteiger partial charge in [0.25, 0.3) is 5.91 Å². The number of hydrogen-bond acceptors (Lipinski definition) is 5. The predicted molar refractivity (Wildman–Crippen MR) is 107 cm³/mol. The van der Waals surface area contributed by atoms with Crippen LogP contribution in [-0.4, -0.2) is 17.6 Å². The molecule has 0 aliphatic heterocycles. The number of thiazole rings is 1. The SMILES string of the molecule is COc1ccc(CNC(=O)c2sc(=S)n(Cc3ccccc3)c2N)cc1. The van der Waals surface area contributed by atoms with Crippen LogP contribution in [0.3, 0.4) is 0 Å². The molecule has 3 N–H and O–H groups in total. The molecule has 0 saturated heterocycles. The van der Waals surface area contributed by atoms with Gasteiger partial charge in [-0.2, -0.15) is 0 Å². The summed E-state index contributed by atoms with van der Waals surface area (Å²) in [5, 5.41) is 2.89. The van der Waals surface area contributed by atoms with E-state index in [9.17, 15) is 4.79 Å². The summed E-state index contributed by atoms with van der Waals surface area (Å²) in [5.74, 6) is 0.956. The number of nitrogens with zero attached hydrogens (tertiary/aromatic N) is 1. The molecule has 1 heterocycles. The summed E-state index contributed by atoms with van der Waals surface area (Å²) in [6.45, 7) is 0.958. The van der Waals surface area contributed by atoms with E-state index in [0.717, 1.165) is 16.9 Å². The summed E-state index contributed by atoms with van der Waals surface area (Å²) in [7, 11) is 1.62. The van der Waals surface area contributed by atoms with Crippen LogP contribution in [0.2, 0.25) is 0 Å². The molecule has 0 saturated carbocycles. The third-order valence-corrected chi connectivity index (χ3v) is 5.40. The molecule has 0 radical (unpaired) electrons. The fraction of sp³-hybridized carbons (Fsp3) is 0.158. The molecule has 134 valence electrons. The van der Waals surface area contributed by atoms with Gasteiger partial charge in [0.15, 0.2) is 3.95 Å². The van der Waals surface area contributed by atoms with Crippen LogP contribution in [0.5, 0.6) is 5.75 Å². The highest BCUT2D eigenvalue weighted by atomic mass is 32.1. The van der Waals surface area contributed by atoms with Gasteiger partial charge in [-0.05, 0) is 35.5 Å². The number of benzene rings is 2. The molecule has 1 amide bonds. The summed E-state index contributed by atoms with van der Waals surface area (Å²) < 4.78 is 7.50. The van der Waals surface area contributed by atoms with Crippen LogP contribution in [0, 0.1) is 3.95 Å². The van der Waals surface area contributed by atoms with Crippen LogP contribution in [0.25, 0.3) is 0 Å². The summed E-state index contributed by atoms with van der Waals surface area (Å²) in [4.78, 5) is 13.0. The van der Waals surface area contributed by atoms with E-state index in [2.05, 4.69) is 5.32 Å². The van der Waals surface area contributed by atoms with Gasteiger partial charge in [-0.25, -0.2) is 0 Å². The minimum absolute atomic E-state index is 0.221. The molecule has 0 aliphatic rings. The zero-order valence-electron chi connectivity index (χ0n) is 14.3. The standard InChI is InChI=1S/C19H19N3O2S2/c1-24-15-9-7-13(8-10-15)11-21-18(23)16-17(20)22(19(25)26-16)12-14-5-3-2-4-6-14/h2-10H,11-12,20H2,1H3,(H,21,23). The summed E-state index contributed by atoms with van der Waals surface area (Å²) in [5.41, 5.74) is 8.25. The average molecular weight is 386 g/mol. The highest BCUT2D eigenvalue weighted by Gasteiger charge is 2.17. The number of methoxy groups -OCH3 is 1. The summed E-state index contributed by atoms with van der Waals surface area (Å²) >= 11 is 6.62. The first-order valence-electron chi connectivity index (χ1n) is 8.02. The lowest BCUT2D eigenvalue weighted by Crippen LogP contribution is -2.23. The Kier molecular flexibility index (Phi) is 5.70. The van der Waals surface area contributed by atoms with Gasteiger partial charge in [0.05, 0.1) is 13.7 Å². The molecule has 0 unspecified atom stereocenters. The first-order chi connectivity index (χ1) is 12.6. The molecule has 3 rings (SSSR count). The molecule has 5 nitrogen and oxygen atoms in total. The monoisotopic (exact) mass is 385 g/mol. The van der Waals surface area contributed by atoms with Crippen molar-refractivity contribution in [1.82, 2.24) is 9.88 Å². The van der Waals surface area contributed by atoms with Gasteiger partial charge in [0.1, 0.15) is 16.4 Å². The Bertz CT molecular complexity index is 947. The maximum absolute atomic E-state index is 12.5. The zero-order chi connectivity index (χ0) is 18.5. The van der Waals surface area contributed by atoms with Crippen molar-refractivity contribution in [2.24, 2.45) is 0 Å². The Morgan fingerprint density at radius 1 is 1.15 bits per heavy atom. The molecular weight excluding hydrogens is 366 g/mol. The number of aromatic nitrogens is 1. The number of nitrogens with one attached hydrogen (secondary N) is 1. The molecule has 0 fully saturated rings. The molecule has 3 aromatic rings. The Hall–Kier alpha value is -2.64. The Morgan fingerprint density at radius 3 is 2.50 bits per heavy atom. The second-order valence-corrected chi connectivity index (χ2v) is 7.33. The van der Waals surface area contributed by atoms with Gasteiger partial charge in [0.2, 0.25) is 0 Å². The third kappa shape index (κ3) is 4.12. The van der Waals surface area contributed by atoms with E-state index >= 15 is 0 Å². The van der Waals surface area contributed by atoms with Crippen LogP contribution < -0.4 is 15.8 Å². The smallest absolute Gasteiger partial charge is 0.265 e. The first-order valence-corrected chi connectivity index (χ1v) is 9.25. The fourth-order valence-electron chi connectivity index (χ4n) is 2.50. The van der Waals surface area contributed by atoms with E-state index in [1.807, 2.05) is 54.6 Å². The number of nitrogen functional groups attached to an aromatic ring is 1. The fourth-order valence-corrected chi connectivity index (χ4v) is 3.74. The van der Waals surface area contributed by atoms with Gasteiger partial charge in [0, 0.05) is 6.54 Å². The molecule has 1 aromatic heterocycles. The molecular formula is C19H19N3O2S2. The van der Waals surface area contributed by atoms with Crippen molar-refractivity contribution >= 4 is 35.3 Å². The van der Waals surface area contributed by atoms with Crippen LogP contribution in [0.4, 0.5) is 5.82 Å². The Balaban J connectivity index is 1.71. The lowest BCUT2D eigenvalue weighted by molar-refractivity contribution is 0.0955. The zero-order valence-corrected chi connectivity index (χ0v) is 15.9. The molecule has 0 spiro atoms. The van der Waals surface area contributed by atoms with Crippen molar-refractivity contribution in [3.63, 3.8) is 0 Å². The van der Waals surface area contributed by atoms with Crippen molar-refractivity contribution in [3.8, 4) is 5.75 Å². The van der Waals surface area contributed by atoms with E-state index in [-0.39, 0.29) is 5.91 Å². The average Bonchev–Trinajstić information content (AvgIpc) is 2.95. The number of anilines is 1. The Labute approximate surface area is 161 Å². The lowest BCUT2D eigenvalue weighted by Gasteiger charge is -2.08. The van der Waals surface area contributed by atoms with E-state index in [4.69, 9.17) is 22.7 Å². The van der Waals surface area contributed by atoms with Gasteiger partial charge in [-0.1, -0.05) is 53.8 Å². The van der Waals surface area contributed by atoms with Crippen molar-refractivity contribution < 1.29 is 9.53 Å². The highest BCUT2D eigenvalue weighted by molar-refractivity contribution is 7.73. The van der Waals surface area contributed by atoms with Gasteiger partial charge in [-0.3, -0.25) is 4.79 Å². The molecule has 7 heteroatoms. The number of ether oxygens (including phenoxy) is 1.